The zero-order chi connectivity index (χ0) is 27.4. The normalized spacial score (nSPS) is 17.7. The fourth-order valence-corrected chi connectivity index (χ4v) is 4.24. The first-order valence-corrected chi connectivity index (χ1v) is 11.5. The Labute approximate surface area is 213 Å². The highest BCUT2D eigenvalue weighted by Crippen LogP contribution is 2.38. The Kier molecular flexibility index (Phi) is 7.69. The number of halogens is 4. The number of carbonyl (C=O) groups is 1. The van der Waals surface area contributed by atoms with E-state index >= 15 is 0 Å². The summed E-state index contributed by atoms with van der Waals surface area (Å²) in [4.78, 5) is 24.7. The Morgan fingerprint density at radius 2 is 1.87 bits per heavy atom. The fourth-order valence-electron chi connectivity index (χ4n) is 4.24. The van der Waals surface area contributed by atoms with Gasteiger partial charge < -0.3 is 19.1 Å². The number of aromatic nitrogens is 2. The molecule has 1 N–H and O–H groups in total. The number of ether oxygens (including phenoxy) is 3. The van der Waals surface area contributed by atoms with Crippen molar-refractivity contribution in [3.05, 3.63) is 75.7 Å². The molecule has 2 heterocycles. The van der Waals surface area contributed by atoms with Gasteiger partial charge in [0.15, 0.2) is 11.6 Å². The molecule has 0 bridgehead atoms. The van der Waals surface area contributed by atoms with E-state index in [1.165, 1.54) is 35.2 Å². The van der Waals surface area contributed by atoms with Gasteiger partial charge in [-0.1, -0.05) is 6.07 Å². The summed E-state index contributed by atoms with van der Waals surface area (Å²) in [6, 6.07) is 9.79. The van der Waals surface area contributed by atoms with Crippen molar-refractivity contribution in [3.63, 3.8) is 0 Å². The standard InChI is InChI=1S/C24H22F4N4O6/c1-2-36-22-11-20(29-30-22)16-9-15(14-3-8-21(19(25)10-14)38-24(26,27)28)12-31(13-16)23(33)37-18-6-4-17(5-7-18)32(34)35/h3-8,10-11,15-16H,2,9,12-13H2,1H3,(H,29,30). The summed E-state index contributed by atoms with van der Waals surface area (Å²) < 4.78 is 66.6. The molecule has 0 spiro atoms. The Hall–Kier alpha value is -4.36. The van der Waals surface area contributed by atoms with Crippen molar-refractivity contribution in [1.29, 1.82) is 0 Å². The number of likely N-dealkylation sites (tertiary alicyclic amines) is 1. The highest BCUT2D eigenvalue weighted by molar-refractivity contribution is 5.71. The summed E-state index contributed by atoms with van der Waals surface area (Å²) in [5, 5.41) is 17.8. The summed E-state index contributed by atoms with van der Waals surface area (Å²) in [6.45, 7) is 2.44. The van der Waals surface area contributed by atoms with Crippen LogP contribution in [0.4, 0.5) is 28.0 Å². The minimum atomic E-state index is -5.05. The molecule has 10 nitrogen and oxygen atoms in total. The molecule has 4 rings (SSSR count). The number of nitrogens with zero attached hydrogens (tertiary/aromatic N) is 3. The molecule has 38 heavy (non-hydrogen) atoms. The lowest BCUT2D eigenvalue weighted by molar-refractivity contribution is -0.384. The smallest absolute Gasteiger partial charge is 0.477 e. The van der Waals surface area contributed by atoms with Gasteiger partial charge in [0.2, 0.25) is 5.88 Å². The molecule has 1 fully saturated rings. The zero-order valence-electron chi connectivity index (χ0n) is 19.9. The van der Waals surface area contributed by atoms with Gasteiger partial charge in [-0.2, -0.15) is 0 Å². The Balaban J connectivity index is 1.58. The lowest BCUT2D eigenvalue weighted by Crippen LogP contribution is -2.44. The van der Waals surface area contributed by atoms with Crippen LogP contribution in [-0.4, -0.2) is 52.2 Å². The first-order chi connectivity index (χ1) is 18.0. The molecule has 2 aromatic carbocycles. The number of nitro benzene ring substituents is 1. The van der Waals surface area contributed by atoms with Gasteiger partial charge in [0, 0.05) is 48.8 Å². The number of rotatable bonds is 7. The van der Waals surface area contributed by atoms with E-state index in [0.29, 0.717) is 30.2 Å². The van der Waals surface area contributed by atoms with E-state index in [0.717, 1.165) is 12.1 Å². The van der Waals surface area contributed by atoms with Gasteiger partial charge in [-0.05, 0) is 43.2 Å². The van der Waals surface area contributed by atoms with Crippen molar-refractivity contribution in [2.45, 2.75) is 31.5 Å². The maximum Gasteiger partial charge on any atom is 0.573 e. The van der Waals surface area contributed by atoms with E-state index in [9.17, 15) is 32.5 Å². The van der Waals surface area contributed by atoms with Gasteiger partial charge in [-0.25, -0.2) is 9.18 Å². The summed E-state index contributed by atoms with van der Waals surface area (Å²) in [6.07, 6.45) is -5.39. The number of amides is 1. The van der Waals surface area contributed by atoms with Gasteiger partial charge in [0.05, 0.1) is 11.5 Å². The molecule has 0 aliphatic carbocycles. The van der Waals surface area contributed by atoms with Crippen LogP contribution in [0.2, 0.25) is 0 Å². The summed E-state index contributed by atoms with van der Waals surface area (Å²) in [5.41, 5.74) is 0.829. The highest BCUT2D eigenvalue weighted by atomic mass is 19.4. The van der Waals surface area contributed by atoms with Crippen molar-refractivity contribution in [3.8, 4) is 17.4 Å². The second-order valence-electron chi connectivity index (χ2n) is 8.49. The third-order valence-electron chi connectivity index (χ3n) is 5.92. The number of carbonyl (C=O) groups excluding carboxylic acids is 1. The van der Waals surface area contributed by atoms with E-state index in [4.69, 9.17) is 9.47 Å². The molecule has 1 aliphatic rings. The molecule has 3 aromatic rings. The third-order valence-corrected chi connectivity index (χ3v) is 5.92. The predicted octanol–water partition coefficient (Wildman–Crippen LogP) is 5.53. The minimum absolute atomic E-state index is 0.0771. The van der Waals surface area contributed by atoms with E-state index in [1.807, 2.05) is 0 Å². The van der Waals surface area contributed by atoms with Crippen molar-refractivity contribution in [1.82, 2.24) is 15.1 Å². The number of aromatic amines is 1. The second kappa shape index (κ2) is 10.9. The topological polar surface area (TPSA) is 120 Å². The van der Waals surface area contributed by atoms with E-state index in [2.05, 4.69) is 14.9 Å². The van der Waals surface area contributed by atoms with Crippen LogP contribution >= 0.6 is 0 Å². The Bertz CT molecular complexity index is 1300. The van der Waals surface area contributed by atoms with Crippen LogP contribution in [-0.2, 0) is 0 Å². The van der Waals surface area contributed by atoms with Gasteiger partial charge in [0.1, 0.15) is 5.75 Å². The number of H-pyrrole nitrogens is 1. The zero-order valence-corrected chi connectivity index (χ0v) is 19.9. The van der Waals surface area contributed by atoms with Crippen molar-refractivity contribution < 1.29 is 41.5 Å². The highest BCUT2D eigenvalue weighted by Gasteiger charge is 2.35. The molecular formula is C24H22F4N4O6. The average molecular weight is 538 g/mol. The summed E-state index contributed by atoms with van der Waals surface area (Å²) in [7, 11) is 0. The SMILES string of the molecule is CCOc1cc(C2CC(c3ccc(OC(F)(F)F)c(F)c3)CN(C(=O)Oc3ccc([N+](=O)[O-])cc3)C2)[nH]n1. The summed E-state index contributed by atoms with van der Waals surface area (Å²) >= 11 is 0. The first-order valence-electron chi connectivity index (χ1n) is 11.5. The minimum Gasteiger partial charge on any atom is -0.477 e. The summed E-state index contributed by atoms with van der Waals surface area (Å²) in [5.74, 6) is -2.52. The molecule has 0 saturated carbocycles. The number of non-ortho nitro benzene ring substituents is 1. The number of hydrogen-bond donors (Lipinski definition) is 1. The molecular weight excluding hydrogens is 516 g/mol. The number of nitro groups is 1. The average Bonchev–Trinajstić information content (AvgIpc) is 3.33. The van der Waals surface area contributed by atoms with E-state index in [1.54, 1.807) is 13.0 Å². The van der Waals surface area contributed by atoms with E-state index in [-0.39, 0.29) is 30.4 Å². The van der Waals surface area contributed by atoms with Crippen molar-refractivity contribution in [2.24, 2.45) is 0 Å². The lowest BCUT2D eigenvalue weighted by atomic mass is 9.83. The maximum atomic E-state index is 14.5. The fraction of sp³-hybridized carbons (Fsp3) is 0.333. The third kappa shape index (κ3) is 6.49. The van der Waals surface area contributed by atoms with Crippen LogP contribution in [0.5, 0.6) is 17.4 Å². The first kappa shape index (κ1) is 26.7. The van der Waals surface area contributed by atoms with Gasteiger partial charge in [-0.3, -0.25) is 15.2 Å². The van der Waals surface area contributed by atoms with Gasteiger partial charge >= 0.3 is 12.5 Å². The maximum absolute atomic E-state index is 14.5. The number of alkyl halides is 3. The largest absolute Gasteiger partial charge is 0.573 e. The van der Waals surface area contributed by atoms with Gasteiger partial charge in [0.25, 0.3) is 5.69 Å². The molecule has 1 saturated heterocycles. The van der Waals surface area contributed by atoms with Crippen LogP contribution in [0.1, 0.15) is 36.4 Å². The molecule has 2 unspecified atom stereocenters. The number of hydrogen-bond acceptors (Lipinski definition) is 7. The van der Waals surface area contributed by atoms with Crippen LogP contribution in [0, 0.1) is 15.9 Å². The Morgan fingerprint density at radius 3 is 2.50 bits per heavy atom. The number of nitrogens with one attached hydrogen (secondary N) is 1. The van der Waals surface area contributed by atoms with Crippen molar-refractivity contribution >= 4 is 11.8 Å². The van der Waals surface area contributed by atoms with Crippen LogP contribution in [0.15, 0.2) is 48.5 Å². The number of piperidine rings is 1. The van der Waals surface area contributed by atoms with Crippen molar-refractivity contribution in [2.75, 3.05) is 19.7 Å². The Morgan fingerprint density at radius 1 is 1.16 bits per heavy atom. The molecule has 14 heteroatoms. The predicted molar refractivity (Wildman–Crippen MR) is 124 cm³/mol. The molecule has 2 atom stereocenters. The van der Waals surface area contributed by atoms with Crippen LogP contribution in [0.3, 0.4) is 0 Å². The molecule has 0 radical (unpaired) electrons. The number of benzene rings is 2. The van der Waals surface area contributed by atoms with Gasteiger partial charge in [-0.15, -0.1) is 18.3 Å². The quantitative estimate of drug-likeness (QED) is 0.239. The van der Waals surface area contributed by atoms with Crippen LogP contribution in [0.25, 0.3) is 0 Å². The monoisotopic (exact) mass is 538 g/mol. The molecule has 1 aromatic heterocycles. The van der Waals surface area contributed by atoms with Crippen LogP contribution < -0.4 is 14.2 Å². The van der Waals surface area contributed by atoms with E-state index < -0.39 is 34.9 Å². The molecule has 1 aliphatic heterocycles. The second-order valence-corrected chi connectivity index (χ2v) is 8.49. The molecule has 1 amide bonds. The lowest BCUT2D eigenvalue weighted by Gasteiger charge is -2.37. The molecule has 202 valence electrons.